The van der Waals surface area contributed by atoms with E-state index in [-0.39, 0.29) is 42.3 Å². The van der Waals surface area contributed by atoms with Crippen molar-refractivity contribution < 1.29 is 32.9 Å². The van der Waals surface area contributed by atoms with Gasteiger partial charge in [-0.2, -0.15) is 0 Å². The van der Waals surface area contributed by atoms with Gasteiger partial charge in [0.2, 0.25) is 0 Å². The van der Waals surface area contributed by atoms with Gasteiger partial charge >= 0.3 is 11.9 Å². The summed E-state index contributed by atoms with van der Waals surface area (Å²) in [7, 11) is 1.39. The average molecular weight is 644 g/mol. The number of aromatic nitrogens is 1. The Morgan fingerprint density at radius 3 is 2.47 bits per heavy atom. The Morgan fingerprint density at radius 2 is 1.81 bits per heavy atom. The number of fused-ring (bicyclic) bond motifs is 3. The van der Waals surface area contributed by atoms with E-state index < -0.39 is 11.4 Å². The van der Waals surface area contributed by atoms with E-state index in [1.807, 2.05) is 65.0 Å². The third kappa shape index (κ3) is 8.17. The molecule has 250 valence electrons. The van der Waals surface area contributed by atoms with E-state index >= 15 is 0 Å². The second-order valence-corrected chi connectivity index (χ2v) is 14.2. The van der Waals surface area contributed by atoms with Crippen molar-refractivity contribution in [3.05, 3.63) is 82.3 Å². The molecule has 1 fully saturated rings. The topological polar surface area (TPSA) is 84.0 Å². The SMILES string of the molecule is COC(=O)c1ccc2c(c1)CCCc1c-2nc(C(C)C)c(/C=C/[C@@H]2C[C@H](CC(=O)OC(C)(C)C)OC(C)(C)O2)c1-c1ccc(F)cc1. The Hall–Kier alpha value is -3.88. The molecule has 0 unspecified atom stereocenters. The van der Waals surface area contributed by atoms with E-state index in [1.54, 1.807) is 6.07 Å². The number of nitrogens with zero attached hydrogens (tertiary/aromatic N) is 1. The van der Waals surface area contributed by atoms with Gasteiger partial charge < -0.3 is 18.9 Å². The fourth-order valence-corrected chi connectivity index (χ4v) is 6.57. The lowest BCUT2D eigenvalue weighted by Gasteiger charge is -2.40. The lowest BCUT2D eigenvalue weighted by atomic mass is 9.86. The number of hydrogen-bond donors (Lipinski definition) is 0. The molecule has 2 atom stereocenters. The summed E-state index contributed by atoms with van der Waals surface area (Å²) in [5, 5.41) is 0. The number of methoxy groups -OCH3 is 1. The molecule has 0 saturated carbocycles. The first-order valence-electron chi connectivity index (χ1n) is 16.4. The zero-order chi connectivity index (χ0) is 34.1. The molecule has 47 heavy (non-hydrogen) atoms. The number of carbonyl (C=O) groups excluding carboxylic acids is 2. The fourth-order valence-electron chi connectivity index (χ4n) is 6.57. The largest absolute Gasteiger partial charge is 0.465 e. The standard InChI is InChI=1S/C39H46FNO6/c1-23(2)35-32(19-17-28-21-29(46-39(6,7)45-28)22-33(42)47-38(3,4)5)34(24-12-15-27(40)16-13-24)31-11-9-10-25-20-26(37(43)44-8)14-18-30(25)36(31)41-35/h12-20,23,28-29H,9-11,21-22H2,1-8H3/b19-17+/t28-,29-/m1/s1. The van der Waals surface area contributed by atoms with Gasteiger partial charge in [0.05, 0.1) is 42.7 Å². The minimum Gasteiger partial charge on any atom is -0.465 e. The van der Waals surface area contributed by atoms with Crippen LogP contribution in [0.2, 0.25) is 0 Å². The third-order valence-corrected chi connectivity index (χ3v) is 8.37. The van der Waals surface area contributed by atoms with E-state index in [1.165, 1.54) is 19.2 Å². The summed E-state index contributed by atoms with van der Waals surface area (Å²) in [4.78, 5) is 30.3. The molecule has 0 N–H and O–H groups in total. The third-order valence-electron chi connectivity index (χ3n) is 8.37. The molecule has 7 nitrogen and oxygen atoms in total. The van der Waals surface area contributed by atoms with Gasteiger partial charge in [-0.3, -0.25) is 9.78 Å². The highest BCUT2D eigenvalue weighted by atomic mass is 19.1. The number of benzene rings is 2. The van der Waals surface area contributed by atoms with E-state index in [0.717, 1.165) is 64.0 Å². The van der Waals surface area contributed by atoms with E-state index in [9.17, 15) is 14.0 Å². The number of rotatable bonds is 7. The molecule has 0 radical (unpaired) electrons. The number of esters is 2. The van der Waals surface area contributed by atoms with Crippen molar-refractivity contribution in [3.8, 4) is 22.4 Å². The highest BCUT2D eigenvalue weighted by Crippen LogP contribution is 2.42. The predicted molar refractivity (Wildman–Crippen MR) is 180 cm³/mol. The first-order valence-corrected chi connectivity index (χ1v) is 16.4. The van der Waals surface area contributed by atoms with Crippen LogP contribution in [-0.4, -0.2) is 47.6 Å². The van der Waals surface area contributed by atoms with Gasteiger partial charge in [-0.25, -0.2) is 9.18 Å². The van der Waals surface area contributed by atoms with Crippen LogP contribution < -0.4 is 0 Å². The van der Waals surface area contributed by atoms with Crippen molar-refractivity contribution in [2.75, 3.05) is 7.11 Å². The Labute approximate surface area is 277 Å². The summed E-state index contributed by atoms with van der Waals surface area (Å²) in [5.74, 6) is -1.82. The summed E-state index contributed by atoms with van der Waals surface area (Å²) < 4.78 is 37.2. The molecule has 3 aromatic rings. The predicted octanol–water partition coefficient (Wildman–Crippen LogP) is 8.61. The van der Waals surface area contributed by atoms with E-state index in [2.05, 4.69) is 19.9 Å². The maximum absolute atomic E-state index is 14.2. The van der Waals surface area contributed by atoms with Gasteiger partial charge in [-0.05, 0) is 106 Å². The molecule has 2 aromatic carbocycles. The molecule has 0 bridgehead atoms. The van der Waals surface area contributed by atoms with Crippen LogP contribution in [0.5, 0.6) is 0 Å². The second-order valence-electron chi connectivity index (χ2n) is 14.2. The van der Waals surface area contributed by atoms with Crippen LogP contribution >= 0.6 is 0 Å². The van der Waals surface area contributed by atoms with Crippen LogP contribution in [0.3, 0.4) is 0 Å². The van der Waals surface area contributed by atoms with Crippen LogP contribution in [0.4, 0.5) is 4.39 Å². The summed E-state index contributed by atoms with van der Waals surface area (Å²) >= 11 is 0. The quantitative estimate of drug-likeness (QED) is 0.238. The Balaban J connectivity index is 1.61. The molecule has 1 aromatic heterocycles. The summed E-state index contributed by atoms with van der Waals surface area (Å²) in [6.07, 6.45) is 6.41. The number of carbonyl (C=O) groups is 2. The maximum Gasteiger partial charge on any atom is 0.337 e. The lowest BCUT2D eigenvalue weighted by Crippen LogP contribution is -2.45. The van der Waals surface area contributed by atoms with Crippen LogP contribution in [-0.2, 0) is 36.6 Å². The highest BCUT2D eigenvalue weighted by molar-refractivity contribution is 5.91. The number of aryl methyl sites for hydroxylation is 1. The smallest absolute Gasteiger partial charge is 0.337 e. The van der Waals surface area contributed by atoms with Crippen LogP contribution in [0, 0.1) is 5.82 Å². The van der Waals surface area contributed by atoms with Gasteiger partial charge in [0.25, 0.3) is 0 Å². The zero-order valence-electron chi connectivity index (χ0n) is 28.7. The second kappa shape index (κ2) is 13.7. The molecular formula is C39H46FNO6. The molecule has 2 heterocycles. The van der Waals surface area contributed by atoms with Gasteiger partial charge in [-0.15, -0.1) is 0 Å². The van der Waals surface area contributed by atoms with Crippen molar-refractivity contribution in [1.29, 1.82) is 0 Å². The number of pyridine rings is 1. The molecule has 0 amide bonds. The fraction of sp³-hybridized carbons (Fsp3) is 0.462. The molecule has 0 spiro atoms. The molecule has 1 aliphatic heterocycles. The van der Waals surface area contributed by atoms with Crippen molar-refractivity contribution in [3.63, 3.8) is 0 Å². The van der Waals surface area contributed by atoms with Crippen LogP contribution in [0.15, 0.2) is 48.5 Å². The van der Waals surface area contributed by atoms with Gasteiger partial charge in [0.1, 0.15) is 11.4 Å². The van der Waals surface area contributed by atoms with E-state index in [0.29, 0.717) is 12.0 Å². The molecule has 2 aliphatic rings. The van der Waals surface area contributed by atoms with E-state index in [4.69, 9.17) is 23.9 Å². The van der Waals surface area contributed by atoms with Gasteiger partial charge in [-0.1, -0.05) is 44.2 Å². The summed E-state index contributed by atoms with van der Waals surface area (Å²) in [6.45, 7) is 13.5. The highest BCUT2D eigenvalue weighted by Gasteiger charge is 2.36. The van der Waals surface area contributed by atoms with Crippen molar-refractivity contribution in [1.82, 2.24) is 4.98 Å². The van der Waals surface area contributed by atoms with Crippen molar-refractivity contribution in [2.45, 2.75) is 110 Å². The summed E-state index contributed by atoms with van der Waals surface area (Å²) in [6, 6.07) is 12.3. The summed E-state index contributed by atoms with van der Waals surface area (Å²) in [5.41, 5.74) is 7.72. The number of hydrogen-bond acceptors (Lipinski definition) is 7. The normalized spacial score (nSPS) is 19.2. The lowest BCUT2D eigenvalue weighted by molar-refractivity contribution is -0.290. The molecule has 1 saturated heterocycles. The number of ether oxygens (including phenoxy) is 4. The Kier molecular flexibility index (Phi) is 10.0. The molecular weight excluding hydrogens is 597 g/mol. The Morgan fingerprint density at radius 1 is 1.09 bits per heavy atom. The average Bonchev–Trinajstić information content (AvgIpc) is 3.16. The first-order chi connectivity index (χ1) is 22.1. The van der Waals surface area contributed by atoms with Crippen LogP contribution in [0.1, 0.15) is 106 Å². The van der Waals surface area contributed by atoms with Gasteiger partial charge in [0.15, 0.2) is 5.79 Å². The molecule has 1 aliphatic carbocycles. The minimum atomic E-state index is -0.903. The van der Waals surface area contributed by atoms with Crippen molar-refractivity contribution >= 4 is 18.0 Å². The van der Waals surface area contributed by atoms with Gasteiger partial charge in [0, 0.05) is 17.5 Å². The first kappa shape index (κ1) is 34.5. The molecule has 5 rings (SSSR count). The maximum atomic E-state index is 14.2. The molecule has 8 heteroatoms. The van der Waals surface area contributed by atoms with Crippen LogP contribution in [0.25, 0.3) is 28.5 Å². The minimum absolute atomic E-state index is 0.0622. The number of halogens is 1. The van der Waals surface area contributed by atoms with Crippen molar-refractivity contribution in [2.24, 2.45) is 0 Å². The zero-order valence-corrected chi connectivity index (χ0v) is 28.7. The monoisotopic (exact) mass is 643 g/mol. The Bertz CT molecular complexity index is 1670.